The molecule has 1 aliphatic rings. The number of anilines is 2. The highest BCUT2D eigenvalue weighted by molar-refractivity contribution is 7.15. The number of alkyl halides is 6. The van der Waals surface area contributed by atoms with Crippen LogP contribution in [0, 0.1) is 20.8 Å². The number of hydrogen-bond acceptors (Lipinski definition) is 5. The van der Waals surface area contributed by atoms with Gasteiger partial charge in [0.2, 0.25) is 0 Å². The SMILES string of the molecule is Cc1cc(C2=C(c3cc(-c4ccc(C(CO)(c5ccc(N(C)C)cc5)c5ccc(N(C)C)cc5)cc4)sc3C)C(F)(F)C(F)(F)C2(F)F)c(C)s1. The smallest absolute Gasteiger partial charge is 0.380 e. The topological polar surface area (TPSA) is 26.7 Å². The summed E-state index contributed by atoms with van der Waals surface area (Å²) in [6, 6.07) is 25.6. The molecule has 11 heteroatoms. The van der Waals surface area contributed by atoms with Crippen molar-refractivity contribution in [1.29, 1.82) is 0 Å². The molecular formula is C40H38F6N2OS2. The van der Waals surface area contributed by atoms with Crippen LogP contribution in [0.5, 0.6) is 0 Å². The summed E-state index contributed by atoms with van der Waals surface area (Å²) in [6.45, 7) is 4.29. The first-order valence-corrected chi connectivity index (χ1v) is 17.9. The summed E-state index contributed by atoms with van der Waals surface area (Å²) in [5, 5.41) is 11.2. The third kappa shape index (κ3) is 5.68. The Hall–Kier alpha value is -4.06. The monoisotopic (exact) mass is 740 g/mol. The molecule has 268 valence electrons. The van der Waals surface area contributed by atoms with Gasteiger partial charge in [-0.3, -0.25) is 0 Å². The van der Waals surface area contributed by atoms with Crippen LogP contribution in [0.1, 0.15) is 42.4 Å². The van der Waals surface area contributed by atoms with Crippen molar-refractivity contribution in [3.63, 3.8) is 0 Å². The number of aliphatic hydroxyl groups excluding tert-OH is 1. The Morgan fingerprint density at radius 2 is 0.980 bits per heavy atom. The second-order valence-electron chi connectivity index (χ2n) is 13.4. The van der Waals surface area contributed by atoms with Crippen LogP contribution in [-0.4, -0.2) is 57.7 Å². The Labute approximate surface area is 302 Å². The van der Waals surface area contributed by atoms with E-state index in [1.165, 1.54) is 26.0 Å². The van der Waals surface area contributed by atoms with Crippen molar-refractivity contribution in [3.8, 4) is 10.4 Å². The fourth-order valence-electron chi connectivity index (χ4n) is 6.97. The van der Waals surface area contributed by atoms with Gasteiger partial charge in [0.25, 0.3) is 0 Å². The molecule has 0 bridgehead atoms. The Morgan fingerprint density at radius 3 is 1.35 bits per heavy atom. The third-order valence-corrected chi connectivity index (χ3v) is 11.9. The van der Waals surface area contributed by atoms with Crippen LogP contribution in [0.15, 0.2) is 84.9 Å². The van der Waals surface area contributed by atoms with Crippen molar-refractivity contribution in [2.24, 2.45) is 0 Å². The first-order chi connectivity index (χ1) is 23.9. The molecule has 0 fully saturated rings. The van der Waals surface area contributed by atoms with E-state index < -0.39 is 34.3 Å². The van der Waals surface area contributed by atoms with Crippen molar-refractivity contribution < 1.29 is 31.4 Å². The van der Waals surface area contributed by atoms with Gasteiger partial charge < -0.3 is 14.9 Å². The quantitative estimate of drug-likeness (QED) is 0.120. The molecule has 2 aromatic heterocycles. The summed E-state index contributed by atoms with van der Waals surface area (Å²) in [5.41, 5.74) is 0.744. The summed E-state index contributed by atoms with van der Waals surface area (Å²) < 4.78 is 92.1. The molecule has 0 atom stereocenters. The summed E-state index contributed by atoms with van der Waals surface area (Å²) in [5.74, 6) is -15.8. The first kappa shape index (κ1) is 36.7. The number of thiophene rings is 2. The van der Waals surface area contributed by atoms with Crippen LogP contribution in [-0.2, 0) is 5.41 Å². The summed E-state index contributed by atoms with van der Waals surface area (Å²) >= 11 is 2.16. The summed E-state index contributed by atoms with van der Waals surface area (Å²) in [4.78, 5) is 5.44. The van der Waals surface area contributed by atoms with E-state index in [0.717, 1.165) is 50.7 Å². The van der Waals surface area contributed by atoms with E-state index in [1.54, 1.807) is 19.1 Å². The van der Waals surface area contributed by atoms with Crippen LogP contribution in [0.3, 0.4) is 0 Å². The van der Waals surface area contributed by atoms with Gasteiger partial charge in [0.15, 0.2) is 0 Å². The molecule has 0 saturated carbocycles. The maximum absolute atomic E-state index is 15.6. The fourth-order valence-corrected chi connectivity index (χ4v) is 8.93. The second kappa shape index (κ2) is 12.9. The van der Waals surface area contributed by atoms with Crippen molar-refractivity contribution in [2.45, 2.75) is 44.0 Å². The highest BCUT2D eigenvalue weighted by Crippen LogP contribution is 2.66. The molecule has 2 heterocycles. The van der Waals surface area contributed by atoms with Crippen LogP contribution in [0.25, 0.3) is 21.6 Å². The van der Waals surface area contributed by atoms with E-state index in [0.29, 0.717) is 15.3 Å². The van der Waals surface area contributed by atoms with Crippen LogP contribution in [0.2, 0.25) is 0 Å². The van der Waals surface area contributed by atoms with E-state index in [-0.39, 0.29) is 27.5 Å². The molecule has 0 aliphatic heterocycles. The van der Waals surface area contributed by atoms with E-state index >= 15 is 26.3 Å². The standard InChI is InChI=1S/C40H38F6N2OS2/c1-23-20-32(24(2)50-23)35-36(39(43,44)40(45,46)38(35,41)42)33-21-34(51-25(33)3)26-8-10-27(11-9-26)37(22-49,28-12-16-30(17-13-28)47(4)5)29-14-18-31(19-15-29)48(6)7/h8-21,49H,22H2,1-7H3. The van der Waals surface area contributed by atoms with Gasteiger partial charge in [-0.15, -0.1) is 22.7 Å². The number of allylic oxidation sites excluding steroid dienone is 2. The summed E-state index contributed by atoms with van der Waals surface area (Å²) in [7, 11) is 7.77. The molecule has 51 heavy (non-hydrogen) atoms. The molecule has 0 radical (unpaired) electrons. The van der Waals surface area contributed by atoms with Crippen molar-refractivity contribution in [1.82, 2.24) is 0 Å². The zero-order chi connectivity index (χ0) is 37.3. The molecule has 0 unspecified atom stereocenters. The number of hydrogen-bond donors (Lipinski definition) is 1. The predicted molar refractivity (Wildman–Crippen MR) is 198 cm³/mol. The Bertz CT molecular complexity index is 2040. The van der Waals surface area contributed by atoms with E-state index in [9.17, 15) is 5.11 Å². The van der Waals surface area contributed by atoms with Gasteiger partial charge in [-0.05, 0) is 90.6 Å². The number of nitrogens with zero attached hydrogens (tertiary/aromatic N) is 2. The largest absolute Gasteiger partial charge is 0.395 e. The number of aliphatic hydroxyl groups is 1. The Morgan fingerprint density at radius 1 is 0.588 bits per heavy atom. The number of benzene rings is 3. The van der Waals surface area contributed by atoms with Gasteiger partial charge in [0.1, 0.15) is 0 Å². The molecule has 1 N–H and O–H groups in total. The molecule has 0 spiro atoms. The van der Waals surface area contributed by atoms with Gasteiger partial charge in [0, 0.05) is 70.2 Å². The lowest BCUT2D eigenvalue weighted by atomic mass is 9.70. The minimum Gasteiger partial charge on any atom is -0.395 e. The minimum absolute atomic E-state index is 0.214. The van der Waals surface area contributed by atoms with Gasteiger partial charge in [-0.1, -0.05) is 48.5 Å². The average molecular weight is 741 g/mol. The zero-order valence-corrected chi connectivity index (χ0v) is 30.8. The minimum atomic E-state index is -5.62. The molecule has 0 saturated heterocycles. The average Bonchev–Trinajstić information content (AvgIpc) is 3.66. The Kier molecular flexibility index (Phi) is 9.26. The van der Waals surface area contributed by atoms with Gasteiger partial charge in [-0.25, -0.2) is 0 Å². The number of aryl methyl sites for hydroxylation is 3. The van der Waals surface area contributed by atoms with Gasteiger partial charge in [-0.2, -0.15) is 26.3 Å². The molecule has 6 rings (SSSR count). The molecule has 5 aromatic rings. The lowest BCUT2D eigenvalue weighted by molar-refractivity contribution is -0.254. The van der Waals surface area contributed by atoms with E-state index in [4.69, 9.17) is 0 Å². The number of halogens is 6. The first-order valence-electron chi connectivity index (χ1n) is 16.2. The fraction of sp³-hybridized carbons (Fsp3) is 0.300. The van der Waals surface area contributed by atoms with Crippen LogP contribution < -0.4 is 9.80 Å². The Balaban J connectivity index is 1.48. The normalized spacial score (nSPS) is 16.5. The van der Waals surface area contributed by atoms with E-state index in [1.807, 2.05) is 98.7 Å². The van der Waals surface area contributed by atoms with Gasteiger partial charge in [0.05, 0.1) is 12.0 Å². The molecule has 0 amide bonds. The van der Waals surface area contributed by atoms with Gasteiger partial charge >= 0.3 is 17.8 Å². The highest BCUT2D eigenvalue weighted by Gasteiger charge is 2.80. The second-order valence-corrected chi connectivity index (χ2v) is 16.1. The third-order valence-electron chi connectivity index (χ3n) is 9.82. The maximum Gasteiger partial charge on any atom is 0.380 e. The predicted octanol–water partition coefficient (Wildman–Crippen LogP) is 10.7. The number of rotatable bonds is 9. The van der Waals surface area contributed by atoms with Crippen molar-refractivity contribution >= 4 is 45.2 Å². The van der Waals surface area contributed by atoms with Crippen LogP contribution in [0.4, 0.5) is 37.7 Å². The zero-order valence-electron chi connectivity index (χ0n) is 29.2. The van der Waals surface area contributed by atoms with E-state index in [2.05, 4.69) is 0 Å². The lowest BCUT2D eigenvalue weighted by Gasteiger charge is -2.35. The van der Waals surface area contributed by atoms with Crippen molar-refractivity contribution in [2.75, 3.05) is 44.6 Å². The molecule has 3 aromatic carbocycles. The van der Waals surface area contributed by atoms with Crippen LogP contribution >= 0.6 is 22.7 Å². The molecule has 1 aliphatic carbocycles. The molecular weight excluding hydrogens is 703 g/mol. The highest BCUT2D eigenvalue weighted by atomic mass is 32.1. The maximum atomic E-state index is 15.6. The molecule has 3 nitrogen and oxygen atoms in total. The lowest BCUT2D eigenvalue weighted by Crippen LogP contribution is -2.48. The van der Waals surface area contributed by atoms with Crippen molar-refractivity contribution in [3.05, 3.63) is 127 Å². The summed E-state index contributed by atoms with van der Waals surface area (Å²) in [6.07, 6.45) is 0.